The molecular weight excluding hydrogens is 565 g/mol. The Labute approximate surface area is 253 Å². The number of hydrogen-bond donors (Lipinski definition) is 1. The molecule has 2 amide bonds. The zero-order valence-corrected chi connectivity index (χ0v) is 25.1. The number of amides is 2. The molecule has 43 heavy (non-hydrogen) atoms. The Morgan fingerprint density at radius 3 is 2.02 bits per heavy atom. The van der Waals surface area contributed by atoms with Crippen LogP contribution in [0.15, 0.2) is 114 Å². The second-order valence-corrected chi connectivity index (χ2v) is 12.2. The summed E-state index contributed by atoms with van der Waals surface area (Å²) in [7, 11) is -4.16. The van der Waals surface area contributed by atoms with Crippen LogP contribution in [0.3, 0.4) is 0 Å². The van der Waals surface area contributed by atoms with Crippen LogP contribution in [0.2, 0.25) is 0 Å². The fraction of sp³-hybridized carbons (Fsp3) is 0.235. The summed E-state index contributed by atoms with van der Waals surface area (Å²) in [6, 6.07) is 28.9. The third-order valence-corrected chi connectivity index (χ3v) is 8.81. The summed E-state index contributed by atoms with van der Waals surface area (Å²) < 4.78 is 42.8. The molecule has 1 N–H and O–H groups in total. The molecule has 1 atom stereocenters. The zero-order chi connectivity index (χ0) is 30.8. The highest BCUT2D eigenvalue weighted by Crippen LogP contribution is 2.25. The van der Waals surface area contributed by atoms with Gasteiger partial charge in [-0.15, -0.1) is 0 Å². The molecule has 0 fully saturated rings. The van der Waals surface area contributed by atoms with Gasteiger partial charge in [-0.2, -0.15) is 0 Å². The minimum Gasteiger partial charge on any atom is -0.354 e. The lowest BCUT2D eigenvalue weighted by atomic mass is 10.0. The fourth-order valence-electron chi connectivity index (χ4n) is 4.67. The normalized spacial score (nSPS) is 11.9. The number of carbonyl (C=O) groups is 2. The molecule has 0 saturated heterocycles. The van der Waals surface area contributed by atoms with Gasteiger partial charge in [0.05, 0.1) is 10.6 Å². The number of para-hydroxylation sites is 1. The van der Waals surface area contributed by atoms with Gasteiger partial charge in [-0.25, -0.2) is 12.8 Å². The quantitative estimate of drug-likeness (QED) is 0.219. The van der Waals surface area contributed by atoms with E-state index in [0.717, 1.165) is 15.4 Å². The number of aryl methyl sites for hydroxylation is 1. The molecule has 0 bridgehead atoms. The highest BCUT2D eigenvalue weighted by atomic mass is 32.2. The summed E-state index contributed by atoms with van der Waals surface area (Å²) in [4.78, 5) is 29.3. The van der Waals surface area contributed by atoms with Gasteiger partial charge in [-0.3, -0.25) is 13.9 Å². The third-order valence-electron chi connectivity index (χ3n) is 7.02. The Morgan fingerprint density at radius 2 is 1.42 bits per heavy atom. The molecule has 9 heteroatoms. The van der Waals surface area contributed by atoms with E-state index in [1.165, 1.54) is 29.2 Å². The number of rotatable bonds is 13. The van der Waals surface area contributed by atoms with E-state index in [1.54, 1.807) is 54.6 Å². The number of nitrogens with zero attached hydrogens (tertiary/aromatic N) is 2. The van der Waals surface area contributed by atoms with Crippen LogP contribution in [-0.4, -0.2) is 44.3 Å². The summed E-state index contributed by atoms with van der Waals surface area (Å²) in [5.41, 5.74) is 2.65. The molecule has 4 rings (SSSR count). The summed E-state index contributed by atoms with van der Waals surface area (Å²) in [6.07, 6.45) is 0.908. The van der Waals surface area contributed by atoms with Crippen LogP contribution in [0, 0.1) is 12.7 Å². The van der Waals surface area contributed by atoms with Crippen LogP contribution >= 0.6 is 0 Å². The average molecular weight is 602 g/mol. The third kappa shape index (κ3) is 8.29. The first kappa shape index (κ1) is 31.4. The molecule has 0 aliphatic heterocycles. The molecule has 0 radical (unpaired) electrons. The highest BCUT2D eigenvalue weighted by Gasteiger charge is 2.34. The Morgan fingerprint density at radius 1 is 0.814 bits per heavy atom. The second-order valence-electron chi connectivity index (χ2n) is 10.3. The van der Waals surface area contributed by atoms with Crippen LogP contribution in [0.25, 0.3) is 0 Å². The topological polar surface area (TPSA) is 86.8 Å². The minimum absolute atomic E-state index is 0.0244. The number of anilines is 1. The Balaban J connectivity index is 1.77. The van der Waals surface area contributed by atoms with Crippen molar-refractivity contribution >= 4 is 27.5 Å². The van der Waals surface area contributed by atoms with Gasteiger partial charge in [0.15, 0.2) is 0 Å². The van der Waals surface area contributed by atoms with Crippen molar-refractivity contribution in [2.45, 2.75) is 44.2 Å². The van der Waals surface area contributed by atoms with Crippen LogP contribution in [0.5, 0.6) is 0 Å². The zero-order valence-electron chi connectivity index (χ0n) is 24.3. The van der Waals surface area contributed by atoms with Crippen molar-refractivity contribution in [1.29, 1.82) is 0 Å². The second kappa shape index (κ2) is 14.6. The summed E-state index contributed by atoms with van der Waals surface area (Å²) in [5, 5.41) is 2.90. The molecular formula is C34H36FN3O4S. The van der Waals surface area contributed by atoms with E-state index in [2.05, 4.69) is 5.32 Å². The number of hydrogen-bond acceptors (Lipinski definition) is 4. The van der Waals surface area contributed by atoms with Crippen molar-refractivity contribution in [1.82, 2.24) is 10.2 Å². The van der Waals surface area contributed by atoms with Crippen LogP contribution in [-0.2, 0) is 32.6 Å². The molecule has 4 aromatic rings. The number of sulfonamides is 1. The van der Waals surface area contributed by atoms with Gasteiger partial charge < -0.3 is 10.2 Å². The molecule has 0 spiro atoms. The van der Waals surface area contributed by atoms with Gasteiger partial charge in [0.1, 0.15) is 18.4 Å². The van der Waals surface area contributed by atoms with Crippen molar-refractivity contribution in [3.8, 4) is 0 Å². The van der Waals surface area contributed by atoms with Crippen LogP contribution < -0.4 is 9.62 Å². The van der Waals surface area contributed by atoms with Gasteiger partial charge in [0.2, 0.25) is 11.8 Å². The SMILES string of the molecule is CCCNC(=O)C(Cc1ccccc1)N(Cc1ccc(F)cc1)C(=O)CN(c1ccccc1)S(=O)(=O)c1ccc(C)cc1. The number of halogens is 1. The first-order valence-electron chi connectivity index (χ1n) is 14.2. The lowest BCUT2D eigenvalue weighted by Crippen LogP contribution is -2.53. The van der Waals surface area contributed by atoms with E-state index in [-0.39, 0.29) is 23.8 Å². The standard InChI is InChI=1S/C34H36FN3O4S/c1-3-22-36-34(40)32(23-27-10-6-4-7-11-27)37(24-28-16-18-29(35)19-17-28)33(39)25-38(30-12-8-5-9-13-30)43(41,42)31-20-14-26(2)15-21-31/h4-21,32H,3,22-25H2,1-2H3,(H,36,40). The van der Waals surface area contributed by atoms with Gasteiger partial charge >= 0.3 is 0 Å². The largest absolute Gasteiger partial charge is 0.354 e. The van der Waals surface area contributed by atoms with E-state index in [0.29, 0.717) is 24.2 Å². The minimum atomic E-state index is -4.16. The Kier molecular flexibility index (Phi) is 10.7. The molecule has 4 aromatic carbocycles. The molecule has 0 saturated carbocycles. The van der Waals surface area contributed by atoms with E-state index >= 15 is 0 Å². The van der Waals surface area contributed by atoms with Gasteiger partial charge in [-0.1, -0.05) is 85.3 Å². The molecule has 0 aliphatic carbocycles. The highest BCUT2D eigenvalue weighted by molar-refractivity contribution is 7.92. The molecule has 0 heterocycles. The van der Waals surface area contributed by atoms with Crippen molar-refractivity contribution in [3.63, 3.8) is 0 Å². The number of carbonyl (C=O) groups excluding carboxylic acids is 2. The lowest BCUT2D eigenvalue weighted by molar-refractivity contribution is -0.140. The van der Waals surface area contributed by atoms with Crippen molar-refractivity contribution in [3.05, 3.63) is 132 Å². The molecule has 7 nitrogen and oxygen atoms in total. The molecule has 224 valence electrons. The smallest absolute Gasteiger partial charge is 0.264 e. The summed E-state index contributed by atoms with van der Waals surface area (Å²) in [6.45, 7) is 3.64. The molecule has 1 unspecified atom stereocenters. The van der Waals surface area contributed by atoms with Crippen LogP contribution in [0.4, 0.5) is 10.1 Å². The predicted octanol–water partition coefficient (Wildman–Crippen LogP) is 5.50. The maximum atomic E-state index is 14.3. The maximum Gasteiger partial charge on any atom is 0.264 e. The summed E-state index contributed by atoms with van der Waals surface area (Å²) in [5.74, 6) is -1.35. The summed E-state index contributed by atoms with van der Waals surface area (Å²) >= 11 is 0. The number of nitrogens with one attached hydrogen (secondary N) is 1. The first-order valence-corrected chi connectivity index (χ1v) is 15.6. The Bertz CT molecular complexity index is 1600. The van der Waals surface area contributed by atoms with E-state index in [4.69, 9.17) is 0 Å². The van der Waals surface area contributed by atoms with Crippen LogP contribution in [0.1, 0.15) is 30.0 Å². The number of benzene rings is 4. The lowest BCUT2D eigenvalue weighted by Gasteiger charge is -2.34. The average Bonchev–Trinajstić information content (AvgIpc) is 3.02. The Hall–Kier alpha value is -4.50. The fourth-order valence-corrected chi connectivity index (χ4v) is 6.08. The van der Waals surface area contributed by atoms with Crippen molar-refractivity contribution in [2.75, 3.05) is 17.4 Å². The predicted molar refractivity (Wildman–Crippen MR) is 166 cm³/mol. The van der Waals surface area contributed by atoms with Crippen molar-refractivity contribution in [2.24, 2.45) is 0 Å². The van der Waals surface area contributed by atoms with Gasteiger partial charge in [0, 0.05) is 19.5 Å². The van der Waals surface area contributed by atoms with E-state index in [1.807, 2.05) is 44.2 Å². The van der Waals surface area contributed by atoms with E-state index < -0.39 is 34.3 Å². The first-order chi connectivity index (χ1) is 20.7. The van der Waals surface area contributed by atoms with E-state index in [9.17, 15) is 22.4 Å². The molecule has 0 aromatic heterocycles. The molecule has 0 aliphatic rings. The van der Waals surface area contributed by atoms with Gasteiger partial charge in [-0.05, 0) is 60.9 Å². The maximum absolute atomic E-state index is 14.3. The monoisotopic (exact) mass is 601 g/mol. The van der Waals surface area contributed by atoms with Crippen molar-refractivity contribution < 1.29 is 22.4 Å². The van der Waals surface area contributed by atoms with Gasteiger partial charge in [0.25, 0.3) is 10.0 Å².